The number of carboxylic acid groups (broad SMARTS) is 1. The second-order valence-electron chi connectivity index (χ2n) is 6.87. The lowest BCUT2D eigenvalue weighted by Crippen LogP contribution is -2.37. The van der Waals surface area contributed by atoms with E-state index in [1.54, 1.807) is 25.1 Å². The summed E-state index contributed by atoms with van der Waals surface area (Å²) >= 11 is 0. The number of amides is 2. The fourth-order valence-corrected chi connectivity index (χ4v) is 3.09. The average Bonchev–Trinajstić information content (AvgIpc) is 2.65. The monoisotopic (exact) mass is 382 g/mol. The normalized spacial score (nSPS) is 16.4. The molecule has 2 atom stereocenters. The third-order valence-electron chi connectivity index (χ3n) is 4.60. The molecule has 2 aromatic carbocycles. The quantitative estimate of drug-likeness (QED) is 0.712. The number of hydrogen-bond donors (Lipinski definition) is 3. The van der Waals surface area contributed by atoms with Crippen molar-refractivity contribution >= 4 is 23.5 Å². The summed E-state index contributed by atoms with van der Waals surface area (Å²) in [5.74, 6) is -2.18. The fraction of sp³-hybridized carbons (Fsp3) is 0.286. The third kappa shape index (κ3) is 4.31. The highest BCUT2D eigenvalue weighted by Gasteiger charge is 2.28. The second-order valence-corrected chi connectivity index (χ2v) is 6.87. The molecular weight excluding hydrogens is 360 g/mol. The summed E-state index contributed by atoms with van der Waals surface area (Å²) < 4.78 is 5.57. The molecule has 1 heterocycles. The van der Waals surface area contributed by atoms with Crippen molar-refractivity contribution in [3.8, 4) is 5.75 Å². The smallest absolute Gasteiger partial charge is 0.308 e. The summed E-state index contributed by atoms with van der Waals surface area (Å²) in [6.07, 6.45) is -0.400. The SMILES string of the molecule is Cc1cccc(CC(CNC(=O)c2cccc3c2OC(C)C(=O)N3)C(=O)O)c1. The molecular formula is C21H22N2O5. The second kappa shape index (κ2) is 8.12. The number of anilines is 1. The Balaban J connectivity index is 1.71. The van der Waals surface area contributed by atoms with E-state index in [2.05, 4.69) is 10.6 Å². The molecule has 7 nitrogen and oxygen atoms in total. The molecule has 0 radical (unpaired) electrons. The van der Waals surface area contributed by atoms with Crippen LogP contribution in [0.25, 0.3) is 0 Å². The van der Waals surface area contributed by atoms with E-state index in [0.29, 0.717) is 12.1 Å². The largest absolute Gasteiger partial charge is 0.481 e. The van der Waals surface area contributed by atoms with E-state index >= 15 is 0 Å². The van der Waals surface area contributed by atoms with Crippen molar-refractivity contribution in [2.45, 2.75) is 26.4 Å². The van der Waals surface area contributed by atoms with E-state index < -0.39 is 23.9 Å². The molecule has 146 valence electrons. The summed E-state index contributed by atoms with van der Waals surface area (Å²) in [6.45, 7) is 3.52. The molecule has 3 N–H and O–H groups in total. The van der Waals surface area contributed by atoms with Crippen LogP contribution < -0.4 is 15.4 Å². The predicted molar refractivity (Wildman–Crippen MR) is 104 cm³/mol. The van der Waals surface area contributed by atoms with Gasteiger partial charge in [-0.3, -0.25) is 14.4 Å². The lowest BCUT2D eigenvalue weighted by Gasteiger charge is -2.25. The Morgan fingerprint density at radius 3 is 2.71 bits per heavy atom. The third-order valence-corrected chi connectivity index (χ3v) is 4.60. The zero-order valence-corrected chi connectivity index (χ0v) is 15.7. The van der Waals surface area contributed by atoms with Crippen LogP contribution in [0.2, 0.25) is 0 Å². The lowest BCUT2D eigenvalue weighted by atomic mass is 9.98. The van der Waals surface area contributed by atoms with Gasteiger partial charge >= 0.3 is 5.97 Å². The highest BCUT2D eigenvalue weighted by atomic mass is 16.5. The summed E-state index contributed by atoms with van der Waals surface area (Å²) in [7, 11) is 0. The van der Waals surface area contributed by atoms with Crippen LogP contribution in [0.1, 0.15) is 28.4 Å². The van der Waals surface area contributed by atoms with Gasteiger partial charge in [-0.25, -0.2) is 0 Å². The number of ether oxygens (including phenoxy) is 1. The molecule has 1 aliphatic rings. The van der Waals surface area contributed by atoms with Crippen LogP contribution in [0.3, 0.4) is 0 Å². The molecule has 1 aliphatic heterocycles. The zero-order valence-electron chi connectivity index (χ0n) is 15.7. The minimum atomic E-state index is -0.978. The Labute approximate surface area is 162 Å². The Hall–Kier alpha value is -3.35. The van der Waals surface area contributed by atoms with Crippen molar-refractivity contribution in [1.82, 2.24) is 5.32 Å². The van der Waals surface area contributed by atoms with Crippen LogP contribution in [0.4, 0.5) is 5.69 Å². The summed E-state index contributed by atoms with van der Waals surface area (Å²) in [5, 5.41) is 14.9. The standard InChI is InChI=1S/C21H22N2O5/c1-12-5-3-6-14(9-12)10-15(21(26)27)11-22-20(25)16-7-4-8-17-18(16)28-13(2)19(24)23-17/h3-9,13,15H,10-11H2,1-2H3,(H,22,25)(H,23,24)(H,26,27). The van der Waals surface area contributed by atoms with Gasteiger partial charge in [-0.15, -0.1) is 0 Å². The van der Waals surface area contributed by atoms with Gasteiger partial charge in [0, 0.05) is 6.54 Å². The lowest BCUT2D eigenvalue weighted by molar-refractivity contribution is -0.141. The number of rotatable bonds is 6. The van der Waals surface area contributed by atoms with Crippen molar-refractivity contribution in [3.05, 3.63) is 59.2 Å². The van der Waals surface area contributed by atoms with Crippen molar-refractivity contribution in [1.29, 1.82) is 0 Å². The molecule has 0 fully saturated rings. The van der Waals surface area contributed by atoms with E-state index in [1.165, 1.54) is 0 Å². The highest BCUT2D eigenvalue weighted by molar-refractivity contribution is 6.04. The van der Waals surface area contributed by atoms with Crippen LogP contribution in [0, 0.1) is 12.8 Å². The van der Waals surface area contributed by atoms with Gasteiger partial charge in [-0.05, 0) is 38.0 Å². The van der Waals surface area contributed by atoms with Gasteiger partial charge in [0.05, 0.1) is 17.2 Å². The van der Waals surface area contributed by atoms with Crippen LogP contribution >= 0.6 is 0 Å². The van der Waals surface area contributed by atoms with Crippen molar-refractivity contribution in [3.63, 3.8) is 0 Å². The van der Waals surface area contributed by atoms with Crippen LogP contribution in [-0.2, 0) is 16.0 Å². The molecule has 0 saturated carbocycles. The molecule has 0 saturated heterocycles. The summed E-state index contributed by atoms with van der Waals surface area (Å²) in [4.78, 5) is 36.0. The number of carbonyl (C=O) groups is 3. The van der Waals surface area contributed by atoms with E-state index in [1.807, 2.05) is 31.2 Å². The Morgan fingerprint density at radius 2 is 2.00 bits per heavy atom. The molecule has 2 amide bonds. The first-order valence-corrected chi connectivity index (χ1v) is 9.02. The summed E-state index contributed by atoms with van der Waals surface area (Å²) in [6, 6.07) is 12.5. The predicted octanol–water partition coefficient (Wildman–Crippen LogP) is 2.39. The Kier molecular flexibility index (Phi) is 5.63. The van der Waals surface area contributed by atoms with Gasteiger partial charge in [-0.1, -0.05) is 35.9 Å². The average molecular weight is 382 g/mol. The molecule has 3 rings (SSSR count). The Morgan fingerprint density at radius 1 is 1.25 bits per heavy atom. The number of hydrogen-bond acceptors (Lipinski definition) is 4. The summed E-state index contributed by atoms with van der Waals surface area (Å²) in [5.41, 5.74) is 2.63. The maximum absolute atomic E-state index is 12.6. The number of carbonyl (C=O) groups excluding carboxylic acids is 2. The van der Waals surface area contributed by atoms with Gasteiger partial charge in [-0.2, -0.15) is 0 Å². The van der Waals surface area contributed by atoms with E-state index in [4.69, 9.17) is 4.74 Å². The van der Waals surface area contributed by atoms with Crippen molar-refractivity contribution < 1.29 is 24.2 Å². The van der Waals surface area contributed by atoms with Crippen LogP contribution in [0.15, 0.2) is 42.5 Å². The number of nitrogens with one attached hydrogen (secondary N) is 2. The van der Waals surface area contributed by atoms with Gasteiger partial charge < -0.3 is 20.5 Å². The maximum atomic E-state index is 12.6. The zero-order chi connectivity index (χ0) is 20.3. The van der Waals surface area contributed by atoms with E-state index in [0.717, 1.165) is 11.1 Å². The molecule has 2 aromatic rings. The van der Waals surface area contributed by atoms with Gasteiger partial charge in [0.2, 0.25) is 0 Å². The minimum absolute atomic E-state index is 0.0201. The number of benzene rings is 2. The first-order chi connectivity index (χ1) is 13.3. The fourth-order valence-electron chi connectivity index (χ4n) is 3.09. The number of fused-ring (bicyclic) bond motifs is 1. The van der Waals surface area contributed by atoms with Crippen LogP contribution in [0.5, 0.6) is 5.75 Å². The van der Waals surface area contributed by atoms with Crippen molar-refractivity contribution in [2.24, 2.45) is 5.92 Å². The van der Waals surface area contributed by atoms with Gasteiger partial charge in [0.1, 0.15) is 0 Å². The number of aryl methyl sites for hydroxylation is 1. The first-order valence-electron chi connectivity index (χ1n) is 9.02. The van der Waals surface area contributed by atoms with Crippen molar-refractivity contribution in [2.75, 3.05) is 11.9 Å². The molecule has 0 aromatic heterocycles. The first kappa shape index (κ1) is 19.4. The van der Waals surface area contributed by atoms with Gasteiger partial charge in [0.25, 0.3) is 11.8 Å². The number of para-hydroxylation sites is 1. The molecule has 2 unspecified atom stereocenters. The number of aliphatic carboxylic acids is 1. The highest BCUT2D eigenvalue weighted by Crippen LogP contribution is 2.33. The van der Waals surface area contributed by atoms with Gasteiger partial charge in [0.15, 0.2) is 11.9 Å². The van der Waals surface area contributed by atoms with E-state index in [9.17, 15) is 19.5 Å². The Bertz CT molecular complexity index is 925. The minimum Gasteiger partial charge on any atom is -0.481 e. The maximum Gasteiger partial charge on any atom is 0.308 e. The number of carboxylic acids is 1. The molecule has 0 spiro atoms. The molecule has 0 aliphatic carbocycles. The van der Waals surface area contributed by atoms with E-state index in [-0.39, 0.29) is 23.8 Å². The molecule has 7 heteroatoms. The molecule has 28 heavy (non-hydrogen) atoms. The topological polar surface area (TPSA) is 105 Å². The molecule has 0 bridgehead atoms. The van der Waals surface area contributed by atoms with Crippen LogP contribution in [-0.4, -0.2) is 35.5 Å².